The quantitative estimate of drug-likeness (QED) is 0.787. The Labute approximate surface area is 120 Å². The fourth-order valence-electron chi connectivity index (χ4n) is 4.79. The zero-order chi connectivity index (χ0) is 14.1. The van der Waals surface area contributed by atoms with Gasteiger partial charge in [0.05, 0.1) is 0 Å². The van der Waals surface area contributed by atoms with Crippen molar-refractivity contribution in [2.24, 2.45) is 17.8 Å². The maximum absolute atomic E-state index is 12.4. The van der Waals surface area contributed by atoms with Gasteiger partial charge in [0, 0.05) is 25.4 Å². The summed E-state index contributed by atoms with van der Waals surface area (Å²) in [5, 5.41) is 8.63. The molecule has 0 radical (unpaired) electrons. The second-order valence-electron chi connectivity index (χ2n) is 7.08. The third-order valence-electron chi connectivity index (χ3n) is 5.46. The number of carboxylic acids is 1. The van der Waals surface area contributed by atoms with Gasteiger partial charge in [0.1, 0.15) is 0 Å². The summed E-state index contributed by atoms with van der Waals surface area (Å²) in [6.45, 7) is 0.968. The van der Waals surface area contributed by atoms with Gasteiger partial charge in [-0.3, -0.25) is 9.59 Å². The molecule has 4 rings (SSSR count). The van der Waals surface area contributed by atoms with Gasteiger partial charge in [-0.15, -0.1) is 0 Å². The Kier molecular flexibility index (Phi) is 3.99. The number of unbranched alkanes of at least 4 members (excludes halogenated alkanes) is 1. The molecule has 4 aliphatic rings. The largest absolute Gasteiger partial charge is 0.481 e. The highest BCUT2D eigenvalue weighted by molar-refractivity contribution is 5.76. The van der Waals surface area contributed by atoms with Gasteiger partial charge in [-0.25, -0.2) is 0 Å². The zero-order valence-electron chi connectivity index (χ0n) is 12.1. The number of rotatable bonds is 5. The first kappa shape index (κ1) is 13.9. The second-order valence-corrected chi connectivity index (χ2v) is 7.08. The normalized spacial score (nSPS) is 35.1. The van der Waals surface area contributed by atoms with Gasteiger partial charge in [0.15, 0.2) is 0 Å². The van der Waals surface area contributed by atoms with Crippen LogP contribution in [0, 0.1) is 17.8 Å². The number of hydrogen-bond acceptors (Lipinski definition) is 2. The third kappa shape index (κ3) is 2.99. The first-order valence-electron chi connectivity index (χ1n) is 8.13. The Hall–Kier alpha value is -1.06. The minimum atomic E-state index is -0.761. The molecule has 0 aromatic rings. The first-order chi connectivity index (χ1) is 9.61. The van der Waals surface area contributed by atoms with Crippen LogP contribution in [0.1, 0.15) is 57.8 Å². The molecule has 2 unspecified atom stereocenters. The summed E-state index contributed by atoms with van der Waals surface area (Å²) >= 11 is 0. The number of carbonyl (C=O) groups is 2. The average Bonchev–Trinajstić information content (AvgIpc) is 2.58. The molecule has 2 aliphatic heterocycles. The van der Waals surface area contributed by atoms with Crippen molar-refractivity contribution in [3.63, 3.8) is 0 Å². The molecule has 0 aromatic heterocycles. The first-order valence-corrected chi connectivity index (χ1v) is 8.13. The van der Waals surface area contributed by atoms with Crippen molar-refractivity contribution in [1.82, 2.24) is 4.90 Å². The van der Waals surface area contributed by atoms with E-state index in [2.05, 4.69) is 4.90 Å². The average molecular weight is 279 g/mol. The monoisotopic (exact) mass is 279 g/mol. The topological polar surface area (TPSA) is 57.6 Å². The van der Waals surface area contributed by atoms with E-state index in [1.807, 2.05) is 0 Å². The molecule has 112 valence electrons. The molecule has 20 heavy (non-hydrogen) atoms. The van der Waals surface area contributed by atoms with Crippen LogP contribution in [0.4, 0.5) is 0 Å². The maximum Gasteiger partial charge on any atom is 0.303 e. The van der Waals surface area contributed by atoms with Crippen LogP contribution >= 0.6 is 0 Å². The lowest BCUT2D eigenvalue weighted by molar-refractivity contribution is -0.138. The van der Waals surface area contributed by atoms with Crippen LogP contribution < -0.4 is 0 Å². The van der Waals surface area contributed by atoms with E-state index in [4.69, 9.17) is 5.11 Å². The highest BCUT2D eigenvalue weighted by Gasteiger charge is 2.43. The lowest BCUT2D eigenvalue weighted by atomic mass is 9.68. The number of carboxylic acid groups (broad SMARTS) is 1. The van der Waals surface area contributed by atoms with Gasteiger partial charge in [-0.05, 0) is 62.7 Å². The van der Waals surface area contributed by atoms with Crippen LogP contribution in [-0.2, 0) is 9.59 Å². The lowest BCUT2D eigenvalue weighted by Crippen LogP contribution is -2.42. The third-order valence-corrected chi connectivity index (χ3v) is 5.46. The number of aliphatic carboxylic acids is 1. The van der Waals surface area contributed by atoms with Crippen LogP contribution in [0.25, 0.3) is 0 Å². The maximum atomic E-state index is 12.4. The number of hydrogen-bond donors (Lipinski definition) is 1. The van der Waals surface area contributed by atoms with E-state index < -0.39 is 5.97 Å². The number of nitrogens with zero attached hydrogens (tertiary/aromatic N) is 1. The van der Waals surface area contributed by atoms with E-state index in [0.29, 0.717) is 25.3 Å². The summed E-state index contributed by atoms with van der Waals surface area (Å²) in [5.41, 5.74) is 0. The molecule has 1 amide bonds. The van der Waals surface area contributed by atoms with Crippen LogP contribution in [0.2, 0.25) is 0 Å². The van der Waals surface area contributed by atoms with Crippen LogP contribution in [0.15, 0.2) is 0 Å². The highest BCUT2D eigenvalue weighted by Crippen LogP contribution is 2.47. The van der Waals surface area contributed by atoms with Crippen LogP contribution in [-0.4, -0.2) is 34.5 Å². The summed E-state index contributed by atoms with van der Waals surface area (Å²) in [7, 11) is 0. The Morgan fingerprint density at radius 3 is 2.15 bits per heavy atom. The molecule has 4 fully saturated rings. The number of carbonyl (C=O) groups excluding carboxylic acids is 1. The van der Waals surface area contributed by atoms with Crippen molar-refractivity contribution in [1.29, 1.82) is 0 Å². The Balaban J connectivity index is 1.54. The van der Waals surface area contributed by atoms with E-state index in [1.165, 1.54) is 32.1 Å². The van der Waals surface area contributed by atoms with E-state index in [9.17, 15) is 9.59 Å². The fraction of sp³-hybridized carbons (Fsp3) is 0.875. The van der Waals surface area contributed by atoms with Gasteiger partial charge in [0.2, 0.25) is 5.91 Å². The van der Waals surface area contributed by atoms with E-state index in [1.54, 1.807) is 0 Å². The van der Waals surface area contributed by atoms with Crippen molar-refractivity contribution in [2.75, 3.05) is 6.54 Å². The smallest absolute Gasteiger partial charge is 0.303 e. The van der Waals surface area contributed by atoms with Crippen molar-refractivity contribution in [2.45, 2.75) is 63.8 Å². The number of amides is 1. The Morgan fingerprint density at radius 2 is 1.50 bits per heavy atom. The zero-order valence-corrected chi connectivity index (χ0v) is 12.1. The van der Waals surface area contributed by atoms with Crippen molar-refractivity contribution in [3.05, 3.63) is 0 Å². The summed E-state index contributed by atoms with van der Waals surface area (Å²) in [5.74, 6) is 1.97. The fourth-order valence-corrected chi connectivity index (χ4v) is 4.79. The van der Waals surface area contributed by atoms with Crippen LogP contribution in [0.3, 0.4) is 0 Å². The second kappa shape index (κ2) is 5.74. The van der Waals surface area contributed by atoms with E-state index in [0.717, 1.165) is 24.3 Å². The molecule has 2 saturated heterocycles. The minimum absolute atomic E-state index is 0.184. The van der Waals surface area contributed by atoms with E-state index in [-0.39, 0.29) is 12.3 Å². The summed E-state index contributed by atoms with van der Waals surface area (Å²) in [6.07, 6.45) is 8.54. The molecule has 0 spiro atoms. The number of fused-ring (bicyclic) bond motifs is 1. The Morgan fingerprint density at radius 1 is 0.900 bits per heavy atom. The Bertz CT molecular complexity index is 381. The van der Waals surface area contributed by atoms with Crippen molar-refractivity contribution >= 4 is 11.9 Å². The van der Waals surface area contributed by atoms with Gasteiger partial charge >= 0.3 is 5.97 Å². The van der Waals surface area contributed by atoms with E-state index >= 15 is 0 Å². The molecular formula is C16H25NO3. The molecular weight excluding hydrogens is 254 g/mol. The standard InChI is InChI=1S/C16H25NO3/c18-15(3-1-2-4-16(19)20)17-10-13-6-11-5-12(7-13)9-14(17)8-11/h11-14H,1-10H2,(H,19,20). The van der Waals surface area contributed by atoms with Crippen molar-refractivity contribution in [3.8, 4) is 0 Å². The molecule has 2 heterocycles. The summed E-state index contributed by atoms with van der Waals surface area (Å²) < 4.78 is 0. The SMILES string of the molecule is O=C(O)CCCCC(=O)N1CC2CC3CC(C2)CC1C3. The molecule has 4 nitrogen and oxygen atoms in total. The summed E-state index contributed by atoms with van der Waals surface area (Å²) in [4.78, 5) is 25.1. The predicted molar refractivity (Wildman–Crippen MR) is 75.2 cm³/mol. The summed E-state index contributed by atoms with van der Waals surface area (Å²) in [6, 6.07) is 0.484. The minimum Gasteiger partial charge on any atom is -0.481 e. The molecule has 4 bridgehead atoms. The lowest BCUT2D eigenvalue weighted by Gasteiger charge is -2.39. The molecule has 2 aliphatic carbocycles. The van der Waals surface area contributed by atoms with Gasteiger partial charge in [0.25, 0.3) is 0 Å². The predicted octanol–water partition coefficient (Wildman–Crippen LogP) is 2.67. The van der Waals surface area contributed by atoms with Crippen molar-refractivity contribution < 1.29 is 14.7 Å². The van der Waals surface area contributed by atoms with Gasteiger partial charge in [-0.1, -0.05) is 0 Å². The molecule has 1 N–H and O–H groups in total. The highest BCUT2D eigenvalue weighted by atomic mass is 16.4. The molecule has 4 heteroatoms. The van der Waals surface area contributed by atoms with Gasteiger partial charge < -0.3 is 10.0 Å². The van der Waals surface area contributed by atoms with Gasteiger partial charge in [-0.2, -0.15) is 0 Å². The molecule has 2 saturated carbocycles. The molecule has 2 atom stereocenters. The molecule has 0 aromatic carbocycles. The van der Waals surface area contributed by atoms with Crippen LogP contribution in [0.5, 0.6) is 0 Å².